The molecular weight excluding hydrogens is 450 g/mol. The molecule has 1 aliphatic rings. The van der Waals surface area contributed by atoms with E-state index in [-0.39, 0.29) is 19.0 Å². The number of ether oxygens (including phenoxy) is 1. The summed E-state index contributed by atoms with van der Waals surface area (Å²) in [5.74, 6) is -2.48. The van der Waals surface area contributed by atoms with Crippen LogP contribution in [0.5, 0.6) is 5.75 Å². The zero-order valence-electron chi connectivity index (χ0n) is 17.8. The normalized spacial score (nSPS) is 15.5. The van der Waals surface area contributed by atoms with Crippen molar-refractivity contribution < 1.29 is 23.1 Å². The van der Waals surface area contributed by atoms with Crippen LogP contribution in [0.4, 0.5) is 14.5 Å². The second-order valence-corrected chi connectivity index (χ2v) is 8.08. The van der Waals surface area contributed by atoms with E-state index in [9.17, 15) is 18.4 Å². The predicted molar refractivity (Wildman–Crippen MR) is 121 cm³/mol. The predicted octanol–water partition coefficient (Wildman–Crippen LogP) is 5.57. The number of anilines is 1. The lowest BCUT2D eigenvalue weighted by atomic mass is 10.1. The summed E-state index contributed by atoms with van der Waals surface area (Å²) in [6, 6.07) is 15.3. The standard InChI is InChI=1S/C25H21ClF2N2O3/c1-2-21-25(32)30(13-15-6-3-4-7-18(15)26)14-16-12-17(10-11-22(16)33-21)29-24(31)23-19(27)8-5-9-20(23)28/h3-12,21H,2,13-14H2,1H3,(H,29,31). The molecule has 1 heterocycles. The molecule has 33 heavy (non-hydrogen) atoms. The minimum Gasteiger partial charge on any atom is -0.480 e. The summed E-state index contributed by atoms with van der Waals surface area (Å²) in [5.41, 5.74) is 1.11. The number of carbonyl (C=O) groups is 2. The summed E-state index contributed by atoms with van der Waals surface area (Å²) < 4.78 is 33.9. The number of carbonyl (C=O) groups excluding carboxylic acids is 2. The van der Waals surface area contributed by atoms with Crippen LogP contribution in [0.15, 0.2) is 60.7 Å². The van der Waals surface area contributed by atoms with Crippen molar-refractivity contribution in [1.82, 2.24) is 4.90 Å². The lowest BCUT2D eigenvalue weighted by Gasteiger charge is -2.23. The number of fused-ring (bicyclic) bond motifs is 1. The van der Waals surface area contributed by atoms with Gasteiger partial charge in [0.25, 0.3) is 11.8 Å². The van der Waals surface area contributed by atoms with Gasteiger partial charge in [-0.2, -0.15) is 0 Å². The Bertz CT molecular complexity index is 1200. The van der Waals surface area contributed by atoms with Crippen LogP contribution in [0.3, 0.4) is 0 Å². The number of amides is 2. The van der Waals surface area contributed by atoms with E-state index in [4.69, 9.17) is 16.3 Å². The van der Waals surface area contributed by atoms with Gasteiger partial charge in [-0.15, -0.1) is 0 Å². The van der Waals surface area contributed by atoms with Crippen molar-refractivity contribution in [3.63, 3.8) is 0 Å². The Balaban J connectivity index is 1.62. The van der Waals surface area contributed by atoms with E-state index in [2.05, 4.69) is 5.32 Å². The molecule has 3 aromatic carbocycles. The highest BCUT2D eigenvalue weighted by Crippen LogP contribution is 2.31. The van der Waals surface area contributed by atoms with E-state index in [0.717, 1.165) is 17.7 Å². The first-order valence-corrected chi connectivity index (χ1v) is 10.8. The van der Waals surface area contributed by atoms with Gasteiger partial charge in [0, 0.05) is 29.4 Å². The van der Waals surface area contributed by atoms with Crippen molar-refractivity contribution in [2.45, 2.75) is 32.5 Å². The highest BCUT2D eigenvalue weighted by atomic mass is 35.5. The third kappa shape index (κ3) is 4.83. The Morgan fingerprint density at radius 2 is 1.85 bits per heavy atom. The monoisotopic (exact) mass is 470 g/mol. The molecule has 0 spiro atoms. The van der Waals surface area contributed by atoms with Gasteiger partial charge < -0.3 is 15.0 Å². The second kappa shape index (κ2) is 9.58. The maximum atomic E-state index is 14.0. The maximum Gasteiger partial charge on any atom is 0.264 e. The third-order valence-electron chi connectivity index (χ3n) is 5.42. The molecule has 1 atom stereocenters. The van der Waals surface area contributed by atoms with Crippen LogP contribution in [-0.4, -0.2) is 22.8 Å². The second-order valence-electron chi connectivity index (χ2n) is 7.67. The molecule has 1 unspecified atom stereocenters. The Kier molecular flexibility index (Phi) is 6.60. The Labute approximate surface area is 194 Å². The summed E-state index contributed by atoms with van der Waals surface area (Å²) >= 11 is 6.29. The molecule has 3 aromatic rings. The zero-order chi connectivity index (χ0) is 23.5. The van der Waals surface area contributed by atoms with Crippen molar-refractivity contribution in [1.29, 1.82) is 0 Å². The average Bonchev–Trinajstić information content (AvgIpc) is 2.91. The molecule has 2 amide bonds. The van der Waals surface area contributed by atoms with Gasteiger partial charge in [-0.25, -0.2) is 8.78 Å². The molecule has 0 radical (unpaired) electrons. The Morgan fingerprint density at radius 1 is 1.12 bits per heavy atom. The molecule has 0 aliphatic carbocycles. The Morgan fingerprint density at radius 3 is 2.55 bits per heavy atom. The van der Waals surface area contributed by atoms with E-state index < -0.39 is 29.2 Å². The topological polar surface area (TPSA) is 58.6 Å². The van der Waals surface area contributed by atoms with Crippen LogP contribution in [0.1, 0.15) is 34.8 Å². The highest BCUT2D eigenvalue weighted by Gasteiger charge is 2.30. The molecule has 0 saturated carbocycles. The highest BCUT2D eigenvalue weighted by molar-refractivity contribution is 6.31. The molecule has 0 bridgehead atoms. The lowest BCUT2D eigenvalue weighted by molar-refractivity contribution is -0.139. The summed E-state index contributed by atoms with van der Waals surface area (Å²) in [7, 11) is 0. The lowest BCUT2D eigenvalue weighted by Crippen LogP contribution is -2.38. The summed E-state index contributed by atoms with van der Waals surface area (Å²) in [5, 5.41) is 3.07. The van der Waals surface area contributed by atoms with Crippen molar-refractivity contribution in [3.8, 4) is 5.75 Å². The zero-order valence-corrected chi connectivity index (χ0v) is 18.5. The molecular formula is C25H21ClF2N2O3. The van der Waals surface area contributed by atoms with Crippen molar-refractivity contribution in [2.24, 2.45) is 0 Å². The number of rotatable bonds is 5. The van der Waals surface area contributed by atoms with E-state index in [1.165, 1.54) is 6.07 Å². The number of halogens is 3. The van der Waals surface area contributed by atoms with Gasteiger partial charge in [0.05, 0.1) is 0 Å². The maximum absolute atomic E-state index is 14.0. The minimum atomic E-state index is -0.951. The van der Waals surface area contributed by atoms with Gasteiger partial charge in [0.1, 0.15) is 22.9 Å². The number of hydrogen-bond acceptors (Lipinski definition) is 3. The van der Waals surface area contributed by atoms with Gasteiger partial charge >= 0.3 is 0 Å². The largest absolute Gasteiger partial charge is 0.480 e. The molecule has 8 heteroatoms. The van der Waals surface area contributed by atoms with Gasteiger partial charge in [-0.1, -0.05) is 42.8 Å². The van der Waals surface area contributed by atoms with Crippen LogP contribution < -0.4 is 10.1 Å². The molecule has 1 aliphatic heterocycles. The summed E-state index contributed by atoms with van der Waals surface area (Å²) in [4.78, 5) is 27.2. The first-order valence-electron chi connectivity index (χ1n) is 10.4. The minimum absolute atomic E-state index is 0.173. The molecule has 1 N–H and O–H groups in total. The first-order chi connectivity index (χ1) is 15.9. The number of nitrogens with zero attached hydrogens (tertiary/aromatic N) is 1. The van der Waals surface area contributed by atoms with E-state index in [1.807, 2.05) is 25.1 Å². The van der Waals surface area contributed by atoms with Crippen LogP contribution in [0, 0.1) is 11.6 Å². The fourth-order valence-electron chi connectivity index (χ4n) is 3.72. The SMILES string of the molecule is CCC1Oc2ccc(NC(=O)c3c(F)cccc3F)cc2CN(Cc2ccccc2Cl)C1=O. The smallest absolute Gasteiger partial charge is 0.264 e. The van der Waals surface area contributed by atoms with Crippen molar-refractivity contribution in [2.75, 3.05) is 5.32 Å². The van der Waals surface area contributed by atoms with E-state index in [1.54, 1.807) is 29.2 Å². The molecule has 0 aromatic heterocycles. The number of benzene rings is 3. The van der Waals surface area contributed by atoms with E-state index >= 15 is 0 Å². The fraction of sp³-hybridized carbons (Fsp3) is 0.200. The quantitative estimate of drug-likeness (QED) is 0.530. The summed E-state index contributed by atoms with van der Waals surface area (Å²) in [6.45, 7) is 2.36. The fourth-order valence-corrected chi connectivity index (χ4v) is 3.91. The molecule has 0 saturated heterocycles. The number of nitrogens with one attached hydrogen (secondary N) is 1. The third-order valence-corrected chi connectivity index (χ3v) is 5.78. The van der Waals surface area contributed by atoms with Crippen LogP contribution in [0.25, 0.3) is 0 Å². The van der Waals surface area contributed by atoms with Crippen molar-refractivity contribution in [3.05, 3.63) is 94.0 Å². The summed E-state index contributed by atoms with van der Waals surface area (Å²) in [6.07, 6.45) is -0.191. The molecule has 4 rings (SSSR count). The van der Waals surface area contributed by atoms with Crippen LogP contribution >= 0.6 is 11.6 Å². The van der Waals surface area contributed by atoms with Crippen LogP contribution in [0.2, 0.25) is 5.02 Å². The van der Waals surface area contributed by atoms with Gasteiger partial charge in [0.15, 0.2) is 6.10 Å². The average molecular weight is 471 g/mol. The van der Waals surface area contributed by atoms with Gasteiger partial charge in [-0.3, -0.25) is 9.59 Å². The first kappa shape index (κ1) is 22.7. The molecule has 0 fully saturated rings. The van der Waals surface area contributed by atoms with Gasteiger partial charge in [0.2, 0.25) is 0 Å². The van der Waals surface area contributed by atoms with E-state index in [0.29, 0.717) is 28.4 Å². The molecule has 5 nitrogen and oxygen atoms in total. The Hall–Kier alpha value is -3.45. The molecule has 170 valence electrons. The van der Waals surface area contributed by atoms with Crippen molar-refractivity contribution >= 4 is 29.1 Å². The van der Waals surface area contributed by atoms with Crippen LogP contribution in [-0.2, 0) is 17.9 Å². The number of hydrogen-bond donors (Lipinski definition) is 1. The van der Waals surface area contributed by atoms with Gasteiger partial charge in [-0.05, 0) is 48.4 Å².